The maximum Gasteiger partial charge on any atom is 0.0608 e. The molecule has 0 aromatic rings. The van der Waals surface area contributed by atoms with Crippen molar-refractivity contribution in [3.63, 3.8) is 0 Å². The van der Waals surface area contributed by atoms with E-state index in [2.05, 4.69) is 25.8 Å². The van der Waals surface area contributed by atoms with Crippen LogP contribution in [0.25, 0.3) is 0 Å². The first kappa shape index (κ1) is 15.9. The molecule has 0 bridgehead atoms. The Bertz CT molecular complexity index is 171. The third-order valence-corrected chi connectivity index (χ3v) is 3.22. The first-order valence-corrected chi connectivity index (χ1v) is 6.49. The van der Waals surface area contributed by atoms with Gasteiger partial charge in [0.2, 0.25) is 0 Å². The number of rotatable bonds is 9. The topological polar surface area (TPSA) is 49.5 Å². The predicted octanol–water partition coefficient (Wildman–Crippen LogP) is 1.84. The Morgan fingerprint density at radius 1 is 1.38 bits per heavy atom. The molecule has 0 aromatic carbocycles. The van der Waals surface area contributed by atoms with E-state index < -0.39 is 5.54 Å². The normalized spacial score (nSPS) is 17.4. The summed E-state index contributed by atoms with van der Waals surface area (Å²) >= 11 is 0. The van der Waals surface area contributed by atoms with E-state index in [0.29, 0.717) is 0 Å². The Kier molecular flexibility index (Phi) is 7.98. The molecule has 0 saturated carbocycles. The maximum atomic E-state index is 9.02. The van der Waals surface area contributed by atoms with Crippen LogP contribution in [0.1, 0.15) is 46.5 Å². The third kappa shape index (κ3) is 8.08. The molecule has 3 nitrogen and oxygen atoms in total. The first-order valence-electron chi connectivity index (χ1n) is 6.49. The minimum absolute atomic E-state index is 0.0791. The van der Waals surface area contributed by atoms with Crippen LogP contribution in [0.2, 0.25) is 0 Å². The number of nitrogens with two attached hydrogens (primary N) is 1. The lowest BCUT2D eigenvalue weighted by molar-refractivity contribution is 0.194. The molecular formula is C13H30N2O. The zero-order valence-corrected chi connectivity index (χ0v) is 11.5. The molecule has 0 aliphatic carbocycles. The van der Waals surface area contributed by atoms with Gasteiger partial charge < -0.3 is 15.7 Å². The van der Waals surface area contributed by atoms with Gasteiger partial charge in [-0.3, -0.25) is 0 Å². The van der Waals surface area contributed by atoms with Crippen LogP contribution >= 0.6 is 0 Å². The van der Waals surface area contributed by atoms with Crippen molar-refractivity contribution in [2.75, 3.05) is 26.7 Å². The fraction of sp³-hybridized carbons (Fsp3) is 1.00. The van der Waals surface area contributed by atoms with Crippen LogP contribution in [0.4, 0.5) is 0 Å². The van der Waals surface area contributed by atoms with Crippen LogP contribution in [0, 0.1) is 5.92 Å². The monoisotopic (exact) mass is 230 g/mol. The molecule has 0 fully saturated rings. The molecule has 0 rings (SSSR count). The summed E-state index contributed by atoms with van der Waals surface area (Å²) in [5.41, 5.74) is 5.48. The highest BCUT2D eigenvalue weighted by Gasteiger charge is 2.15. The van der Waals surface area contributed by atoms with Gasteiger partial charge in [0.15, 0.2) is 0 Å². The van der Waals surface area contributed by atoms with Gasteiger partial charge in [0.05, 0.1) is 6.61 Å². The maximum absolute atomic E-state index is 9.02. The van der Waals surface area contributed by atoms with Crippen molar-refractivity contribution in [3.05, 3.63) is 0 Å². The number of unbranched alkanes of at least 4 members (excludes halogenated alkanes) is 1. The molecular weight excluding hydrogens is 200 g/mol. The van der Waals surface area contributed by atoms with E-state index in [1.165, 1.54) is 19.4 Å². The Morgan fingerprint density at radius 3 is 2.50 bits per heavy atom. The van der Waals surface area contributed by atoms with Gasteiger partial charge in [-0.05, 0) is 39.3 Å². The molecule has 0 spiro atoms. The van der Waals surface area contributed by atoms with E-state index >= 15 is 0 Å². The van der Waals surface area contributed by atoms with E-state index in [1.54, 1.807) is 0 Å². The van der Waals surface area contributed by atoms with Crippen molar-refractivity contribution in [3.8, 4) is 0 Å². The van der Waals surface area contributed by atoms with E-state index in [-0.39, 0.29) is 6.61 Å². The first-order chi connectivity index (χ1) is 7.41. The molecule has 16 heavy (non-hydrogen) atoms. The van der Waals surface area contributed by atoms with Crippen LogP contribution < -0.4 is 5.73 Å². The minimum atomic E-state index is -0.394. The van der Waals surface area contributed by atoms with E-state index in [1.807, 2.05) is 6.92 Å². The summed E-state index contributed by atoms with van der Waals surface area (Å²) in [7, 11) is 2.18. The van der Waals surface area contributed by atoms with Gasteiger partial charge in [0.25, 0.3) is 0 Å². The fourth-order valence-corrected chi connectivity index (χ4v) is 1.74. The average molecular weight is 230 g/mol. The zero-order chi connectivity index (χ0) is 12.6. The third-order valence-electron chi connectivity index (χ3n) is 3.22. The summed E-state index contributed by atoms with van der Waals surface area (Å²) in [6.45, 7) is 8.83. The lowest BCUT2D eigenvalue weighted by Crippen LogP contribution is -2.40. The zero-order valence-electron chi connectivity index (χ0n) is 11.5. The summed E-state index contributed by atoms with van der Waals surface area (Å²) in [5.74, 6) is 0.780. The second-order valence-corrected chi connectivity index (χ2v) is 5.54. The van der Waals surface area contributed by atoms with Gasteiger partial charge in [0.1, 0.15) is 0 Å². The lowest BCUT2D eigenvalue weighted by Gasteiger charge is -2.23. The van der Waals surface area contributed by atoms with Crippen LogP contribution in [0.5, 0.6) is 0 Å². The predicted molar refractivity (Wildman–Crippen MR) is 70.5 cm³/mol. The SMILES string of the molecule is CCC(C)CN(C)CCCCC(C)(N)CO. The van der Waals surface area contributed by atoms with Crippen molar-refractivity contribution in [2.24, 2.45) is 11.7 Å². The number of nitrogens with zero attached hydrogens (tertiary/aromatic N) is 1. The number of aliphatic hydroxyl groups is 1. The molecule has 3 N–H and O–H groups in total. The Balaban J connectivity index is 3.51. The summed E-state index contributed by atoms with van der Waals surface area (Å²) in [5, 5.41) is 9.02. The molecule has 2 unspecified atom stereocenters. The van der Waals surface area contributed by atoms with E-state index in [0.717, 1.165) is 25.3 Å². The highest BCUT2D eigenvalue weighted by molar-refractivity contribution is 4.76. The average Bonchev–Trinajstić information content (AvgIpc) is 2.24. The van der Waals surface area contributed by atoms with Gasteiger partial charge >= 0.3 is 0 Å². The van der Waals surface area contributed by atoms with Gasteiger partial charge in [-0.1, -0.05) is 26.7 Å². The second kappa shape index (κ2) is 8.04. The Morgan fingerprint density at radius 2 is 2.00 bits per heavy atom. The number of hydrogen-bond acceptors (Lipinski definition) is 3. The minimum Gasteiger partial charge on any atom is -0.394 e. The molecule has 0 radical (unpaired) electrons. The van der Waals surface area contributed by atoms with Crippen molar-refractivity contribution >= 4 is 0 Å². The smallest absolute Gasteiger partial charge is 0.0608 e. The van der Waals surface area contributed by atoms with Gasteiger partial charge in [0, 0.05) is 12.1 Å². The molecule has 0 aliphatic rings. The summed E-state index contributed by atoms with van der Waals surface area (Å²) in [4.78, 5) is 2.39. The van der Waals surface area contributed by atoms with Crippen molar-refractivity contribution < 1.29 is 5.11 Å². The molecule has 0 amide bonds. The van der Waals surface area contributed by atoms with Crippen molar-refractivity contribution in [2.45, 2.75) is 52.0 Å². The quantitative estimate of drug-likeness (QED) is 0.594. The van der Waals surface area contributed by atoms with Gasteiger partial charge in [-0.2, -0.15) is 0 Å². The Hall–Kier alpha value is -0.120. The summed E-state index contributed by atoms with van der Waals surface area (Å²) in [6, 6.07) is 0. The Labute approximate surface area is 101 Å². The van der Waals surface area contributed by atoms with Crippen molar-refractivity contribution in [1.29, 1.82) is 0 Å². The van der Waals surface area contributed by atoms with Crippen molar-refractivity contribution in [1.82, 2.24) is 4.90 Å². The number of hydrogen-bond donors (Lipinski definition) is 2. The molecule has 0 saturated heterocycles. The molecule has 2 atom stereocenters. The lowest BCUT2D eigenvalue weighted by atomic mass is 9.97. The fourth-order valence-electron chi connectivity index (χ4n) is 1.74. The summed E-state index contributed by atoms with van der Waals surface area (Å²) < 4.78 is 0. The second-order valence-electron chi connectivity index (χ2n) is 5.54. The standard InChI is InChI=1S/C13H30N2O/c1-5-12(2)10-15(4)9-7-6-8-13(3,14)11-16/h12,16H,5-11,14H2,1-4H3. The molecule has 0 heterocycles. The van der Waals surface area contributed by atoms with E-state index in [4.69, 9.17) is 10.8 Å². The molecule has 3 heteroatoms. The highest BCUT2D eigenvalue weighted by Crippen LogP contribution is 2.10. The van der Waals surface area contributed by atoms with Gasteiger partial charge in [-0.25, -0.2) is 0 Å². The molecule has 0 aliphatic heterocycles. The molecule has 0 aromatic heterocycles. The van der Waals surface area contributed by atoms with Gasteiger partial charge in [-0.15, -0.1) is 0 Å². The van der Waals surface area contributed by atoms with Crippen LogP contribution in [0.15, 0.2) is 0 Å². The van der Waals surface area contributed by atoms with Crippen LogP contribution in [-0.2, 0) is 0 Å². The van der Waals surface area contributed by atoms with Crippen LogP contribution in [-0.4, -0.2) is 42.3 Å². The largest absolute Gasteiger partial charge is 0.394 e. The van der Waals surface area contributed by atoms with Crippen LogP contribution in [0.3, 0.4) is 0 Å². The summed E-state index contributed by atoms with van der Waals surface area (Å²) in [6.07, 6.45) is 4.41. The number of aliphatic hydroxyl groups excluding tert-OH is 1. The highest BCUT2D eigenvalue weighted by atomic mass is 16.3. The van der Waals surface area contributed by atoms with E-state index in [9.17, 15) is 0 Å². The molecule has 98 valence electrons.